The van der Waals surface area contributed by atoms with Crippen LogP contribution in [0.5, 0.6) is 0 Å². The van der Waals surface area contributed by atoms with Crippen LogP contribution in [-0.4, -0.2) is 30.6 Å². The fraction of sp³-hybridized carbons (Fsp3) is 0.455. The van der Waals surface area contributed by atoms with Gasteiger partial charge < -0.3 is 15.0 Å². The zero-order valence-electron chi connectivity index (χ0n) is 15.5. The molecular formula is C22H25N3O2. The standard InChI is InChI=1S/C22H25N3O2/c26-21(12-16-3-4-16)24-17-5-6-20-19(13-17)22(7-10-27-11-8-22)15-25(20)18-2-1-9-23-14-18/h1-2,5-6,9,13-14,16H,3-4,7-8,10-12,15H2,(H,24,26). The van der Waals surface area contributed by atoms with Crippen LogP contribution in [0.1, 0.15) is 37.7 Å². The molecular weight excluding hydrogens is 338 g/mol. The summed E-state index contributed by atoms with van der Waals surface area (Å²) in [5, 5.41) is 3.12. The summed E-state index contributed by atoms with van der Waals surface area (Å²) in [6, 6.07) is 10.5. The lowest BCUT2D eigenvalue weighted by Gasteiger charge is -2.34. The molecule has 1 amide bonds. The van der Waals surface area contributed by atoms with Crippen molar-refractivity contribution in [3.05, 3.63) is 48.3 Å². The SMILES string of the molecule is O=C(CC1CC1)Nc1ccc2c(c1)C1(CCOCC1)CN2c1cccnc1. The highest BCUT2D eigenvalue weighted by atomic mass is 16.5. The van der Waals surface area contributed by atoms with Crippen molar-refractivity contribution in [2.45, 2.75) is 37.5 Å². The number of carbonyl (C=O) groups excluding carboxylic acids is 1. The molecule has 1 aromatic heterocycles. The molecule has 1 saturated heterocycles. The van der Waals surface area contributed by atoms with Crippen molar-refractivity contribution in [2.75, 3.05) is 30.0 Å². The Bertz CT molecular complexity index is 842. The zero-order valence-corrected chi connectivity index (χ0v) is 15.5. The number of hydrogen-bond acceptors (Lipinski definition) is 4. The fourth-order valence-corrected chi connectivity index (χ4v) is 4.48. The third-order valence-electron chi connectivity index (χ3n) is 6.18. The topological polar surface area (TPSA) is 54.5 Å². The number of pyridine rings is 1. The van der Waals surface area contributed by atoms with Crippen LogP contribution in [0, 0.1) is 5.92 Å². The van der Waals surface area contributed by atoms with Crippen molar-refractivity contribution in [2.24, 2.45) is 5.92 Å². The highest BCUT2D eigenvalue weighted by molar-refractivity contribution is 5.92. The lowest BCUT2D eigenvalue weighted by atomic mass is 9.76. The Morgan fingerprint density at radius 2 is 2.11 bits per heavy atom. The third-order valence-corrected chi connectivity index (χ3v) is 6.18. The Balaban J connectivity index is 1.48. The zero-order chi connectivity index (χ0) is 18.3. The first-order valence-electron chi connectivity index (χ1n) is 9.93. The van der Waals surface area contributed by atoms with Crippen LogP contribution >= 0.6 is 0 Å². The fourth-order valence-electron chi connectivity index (χ4n) is 4.48. The predicted octanol–water partition coefficient (Wildman–Crippen LogP) is 4.02. The summed E-state index contributed by atoms with van der Waals surface area (Å²) in [6.45, 7) is 2.52. The third kappa shape index (κ3) is 3.21. The number of nitrogens with one attached hydrogen (secondary N) is 1. The summed E-state index contributed by atoms with van der Waals surface area (Å²) >= 11 is 0. The van der Waals surface area contributed by atoms with E-state index < -0.39 is 0 Å². The Labute approximate surface area is 159 Å². The molecule has 1 N–H and O–H groups in total. The van der Waals surface area contributed by atoms with Crippen LogP contribution in [0.25, 0.3) is 0 Å². The normalized spacial score (nSPS) is 20.5. The molecule has 3 aliphatic rings. The van der Waals surface area contributed by atoms with Crippen LogP contribution in [-0.2, 0) is 14.9 Å². The van der Waals surface area contributed by atoms with Crippen molar-refractivity contribution >= 4 is 23.0 Å². The number of rotatable bonds is 4. The van der Waals surface area contributed by atoms with E-state index in [1.165, 1.54) is 24.1 Å². The van der Waals surface area contributed by atoms with Crippen molar-refractivity contribution in [1.82, 2.24) is 4.98 Å². The molecule has 0 atom stereocenters. The maximum absolute atomic E-state index is 12.3. The van der Waals surface area contributed by atoms with Gasteiger partial charge in [0.15, 0.2) is 0 Å². The van der Waals surface area contributed by atoms with Gasteiger partial charge in [-0.2, -0.15) is 0 Å². The van der Waals surface area contributed by atoms with Crippen molar-refractivity contribution < 1.29 is 9.53 Å². The van der Waals surface area contributed by atoms with Gasteiger partial charge in [0.25, 0.3) is 0 Å². The Kier molecular flexibility index (Phi) is 4.12. The lowest BCUT2D eigenvalue weighted by Crippen LogP contribution is -2.37. The van der Waals surface area contributed by atoms with E-state index >= 15 is 0 Å². The average molecular weight is 363 g/mol. The number of nitrogens with zero attached hydrogens (tertiary/aromatic N) is 2. The molecule has 5 nitrogen and oxygen atoms in total. The molecule has 2 aromatic rings. The number of aromatic nitrogens is 1. The molecule has 1 aliphatic carbocycles. The van der Waals surface area contributed by atoms with Crippen LogP contribution in [0.2, 0.25) is 0 Å². The number of ether oxygens (including phenoxy) is 1. The second-order valence-electron chi connectivity index (χ2n) is 8.12. The summed E-state index contributed by atoms with van der Waals surface area (Å²) < 4.78 is 5.66. The molecule has 0 unspecified atom stereocenters. The molecule has 5 rings (SSSR count). The van der Waals surface area contributed by atoms with Gasteiger partial charge in [-0.05, 0) is 67.5 Å². The van der Waals surface area contributed by atoms with Gasteiger partial charge >= 0.3 is 0 Å². The number of fused-ring (bicyclic) bond motifs is 2. The first-order chi connectivity index (χ1) is 13.2. The minimum Gasteiger partial charge on any atom is -0.381 e. The van der Waals surface area contributed by atoms with Crippen LogP contribution < -0.4 is 10.2 Å². The maximum Gasteiger partial charge on any atom is 0.224 e. The Morgan fingerprint density at radius 1 is 1.26 bits per heavy atom. The molecule has 1 aromatic carbocycles. The molecule has 0 bridgehead atoms. The summed E-state index contributed by atoms with van der Waals surface area (Å²) in [5.41, 5.74) is 4.68. The summed E-state index contributed by atoms with van der Waals surface area (Å²) in [4.78, 5) is 18.9. The number of carbonyl (C=O) groups is 1. The molecule has 5 heteroatoms. The summed E-state index contributed by atoms with van der Waals surface area (Å²) in [7, 11) is 0. The molecule has 140 valence electrons. The van der Waals surface area contributed by atoms with Gasteiger partial charge in [0.05, 0.1) is 11.9 Å². The van der Waals surface area contributed by atoms with E-state index in [2.05, 4.69) is 33.4 Å². The van der Waals surface area contributed by atoms with Crippen molar-refractivity contribution in [1.29, 1.82) is 0 Å². The van der Waals surface area contributed by atoms with Gasteiger partial charge in [-0.25, -0.2) is 0 Å². The van der Waals surface area contributed by atoms with Crippen LogP contribution in [0.3, 0.4) is 0 Å². The van der Waals surface area contributed by atoms with Gasteiger partial charge in [0, 0.05) is 49.2 Å². The molecule has 2 aliphatic heterocycles. The Hall–Kier alpha value is -2.40. The number of benzene rings is 1. The second-order valence-corrected chi connectivity index (χ2v) is 8.12. The average Bonchev–Trinajstić information content (AvgIpc) is 3.46. The molecule has 3 heterocycles. The monoisotopic (exact) mass is 363 g/mol. The van der Waals surface area contributed by atoms with E-state index in [0.717, 1.165) is 44.0 Å². The van der Waals surface area contributed by atoms with Crippen molar-refractivity contribution in [3.63, 3.8) is 0 Å². The highest BCUT2D eigenvalue weighted by Crippen LogP contribution is 2.50. The maximum atomic E-state index is 12.3. The van der Waals surface area contributed by atoms with Crippen LogP contribution in [0.15, 0.2) is 42.7 Å². The van der Waals surface area contributed by atoms with Gasteiger partial charge in [-0.15, -0.1) is 0 Å². The van der Waals surface area contributed by atoms with Gasteiger partial charge in [-0.3, -0.25) is 9.78 Å². The summed E-state index contributed by atoms with van der Waals surface area (Å²) in [6.07, 6.45) is 8.79. The van der Waals surface area contributed by atoms with Gasteiger partial charge in [0.1, 0.15) is 0 Å². The van der Waals surface area contributed by atoms with Gasteiger partial charge in [0.2, 0.25) is 5.91 Å². The van der Waals surface area contributed by atoms with Gasteiger partial charge in [-0.1, -0.05) is 0 Å². The first-order valence-corrected chi connectivity index (χ1v) is 9.93. The minimum absolute atomic E-state index is 0.0840. The minimum atomic E-state index is 0.0840. The second kappa shape index (κ2) is 6.64. The van der Waals surface area contributed by atoms with E-state index in [1.54, 1.807) is 0 Å². The first kappa shape index (κ1) is 16.8. The molecule has 1 saturated carbocycles. The number of amides is 1. The van der Waals surface area contributed by atoms with E-state index in [0.29, 0.717) is 12.3 Å². The summed E-state index contributed by atoms with van der Waals surface area (Å²) in [5.74, 6) is 0.739. The van der Waals surface area contributed by atoms with E-state index in [-0.39, 0.29) is 11.3 Å². The van der Waals surface area contributed by atoms with Crippen molar-refractivity contribution in [3.8, 4) is 0 Å². The number of hydrogen-bond donors (Lipinski definition) is 1. The lowest BCUT2D eigenvalue weighted by molar-refractivity contribution is -0.116. The molecule has 0 radical (unpaired) electrons. The number of anilines is 3. The largest absolute Gasteiger partial charge is 0.381 e. The Morgan fingerprint density at radius 3 is 2.85 bits per heavy atom. The van der Waals surface area contributed by atoms with Crippen LogP contribution in [0.4, 0.5) is 17.1 Å². The van der Waals surface area contributed by atoms with E-state index in [9.17, 15) is 4.79 Å². The smallest absolute Gasteiger partial charge is 0.224 e. The quantitative estimate of drug-likeness (QED) is 0.891. The van der Waals surface area contributed by atoms with E-state index in [1.807, 2.05) is 24.5 Å². The predicted molar refractivity (Wildman–Crippen MR) is 105 cm³/mol. The molecule has 1 spiro atoms. The van der Waals surface area contributed by atoms with E-state index in [4.69, 9.17) is 4.74 Å². The molecule has 27 heavy (non-hydrogen) atoms. The highest BCUT2D eigenvalue weighted by Gasteiger charge is 2.44. The molecule has 2 fully saturated rings.